The van der Waals surface area contributed by atoms with E-state index < -0.39 is 11.9 Å². The van der Waals surface area contributed by atoms with Crippen molar-refractivity contribution in [3.05, 3.63) is 0 Å². The number of carboxylic acid groups (broad SMARTS) is 1. The summed E-state index contributed by atoms with van der Waals surface area (Å²) >= 11 is 0. The van der Waals surface area contributed by atoms with E-state index in [4.69, 9.17) is 0 Å². The zero-order chi connectivity index (χ0) is 17.5. The van der Waals surface area contributed by atoms with Gasteiger partial charge in [-0.3, -0.25) is 4.79 Å². The maximum absolute atomic E-state index is 12.3. The van der Waals surface area contributed by atoms with Crippen LogP contribution >= 0.6 is 0 Å². The average molecular weight is 366 g/mol. The van der Waals surface area contributed by atoms with Crippen molar-refractivity contribution in [3.8, 4) is 0 Å². The third-order valence-electron chi connectivity index (χ3n) is 4.49. The van der Waals surface area contributed by atoms with E-state index in [1.54, 1.807) is 4.90 Å². The summed E-state index contributed by atoms with van der Waals surface area (Å²) < 4.78 is 0. The Morgan fingerprint density at radius 1 is 0.833 bits per heavy atom. The van der Waals surface area contributed by atoms with Gasteiger partial charge >= 0.3 is 51.4 Å². The normalized spacial score (nSPS) is 11.6. The first-order valence-electron chi connectivity index (χ1n) is 9.55. The van der Waals surface area contributed by atoms with Gasteiger partial charge < -0.3 is 14.8 Å². The van der Waals surface area contributed by atoms with Crippen LogP contribution in [0, 0.1) is 5.92 Å². The van der Waals surface area contributed by atoms with Crippen molar-refractivity contribution >= 4 is 11.9 Å². The third kappa shape index (κ3) is 13.8. The van der Waals surface area contributed by atoms with Crippen LogP contribution < -0.4 is 56.5 Å². The van der Waals surface area contributed by atoms with E-state index >= 15 is 0 Å². The Balaban J connectivity index is 0. The van der Waals surface area contributed by atoms with Gasteiger partial charge in [0.2, 0.25) is 5.91 Å². The van der Waals surface area contributed by atoms with Gasteiger partial charge in [-0.2, -0.15) is 0 Å². The molecular weight excluding hydrogens is 329 g/mol. The van der Waals surface area contributed by atoms with Crippen molar-refractivity contribution in [1.82, 2.24) is 4.90 Å². The fourth-order valence-corrected chi connectivity index (χ4v) is 3.01. The summed E-state index contributed by atoms with van der Waals surface area (Å²) in [5.41, 5.74) is 0. The van der Waals surface area contributed by atoms with Crippen molar-refractivity contribution in [2.24, 2.45) is 5.92 Å². The van der Waals surface area contributed by atoms with E-state index in [0.717, 1.165) is 12.8 Å². The first-order chi connectivity index (χ1) is 11.1. The molecule has 0 N–H and O–H groups in total. The molecule has 4 nitrogen and oxygen atoms in total. The van der Waals surface area contributed by atoms with Crippen LogP contribution in [0.1, 0.15) is 91.4 Å². The molecule has 0 aromatic rings. The molecule has 0 radical (unpaired) electrons. The second-order valence-corrected chi connectivity index (χ2v) is 6.40. The number of aliphatic carboxylic acids is 1. The minimum absolute atomic E-state index is 0. The van der Waals surface area contributed by atoms with E-state index in [-0.39, 0.29) is 63.7 Å². The van der Waals surface area contributed by atoms with Gasteiger partial charge in [-0.15, -0.1) is 0 Å². The van der Waals surface area contributed by atoms with E-state index in [1.165, 1.54) is 44.9 Å². The molecule has 1 amide bonds. The van der Waals surface area contributed by atoms with E-state index in [2.05, 4.69) is 6.92 Å². The first-order valence-corrected chi connectivity index (χ1v) is 9.55. The number of amides is 1. The molecule has 0 bridgehead atoms. The maximum atomic E-state index is 12.3. The van der Waals surface area contributed by atoms with Gasteiger partial charge in [-0.05, 0) is 26.7 Å². The number of unbranched alkanes of at least 4 members (excludes halogenated alkanes) is 8. The minimum Gasteiger partial charge on any atom is -0.550 e. The first kappa shape index (κ1) is 26.8. The molecule has 136 valence electrons. The van der Waals surface area contributed by atoms with Crippen molar-refractivity contribution in [3.63, 3.8) is 0 Å². The molecule has 0 saturated heterocycles. The molecule has 0 aliphatic heterocycles. The Labute approximate surface area is 191 Å². The summed E-state index contributed by atoms with van der Waals surface area (Å²) in [7, 11) is 0. The van der Waals surface area contributed by atoms with Gasteiger partial charge in [0, 0.05) is 25.0 Å². The van der Waals surface area contributed by atoms with Crippen molar-refractivity contribution in [2.45, 2.75) is 91.4 Å². The topological polar surface area (TPSA) is 60.4 Å². The Hall–Kier alpha value is 0.576. The van der Waals surface area contributed by atoms with Crippen molar-refractivity contribution in [2.75, 3.05) is 13.1 Å². The number of nitrogens with zero attached hydrogens (tertiary/aromatic N) is 1. The molecular formula is C19H36KNO3. The molecule has 0 heterocycles. The quantitative estimate of drug-likeness (QED) is 0.314. The van der Waals surface area contributed by atoms with Crippen LogP contribution in [-0.4, -0.2) is 29.9 Å². The van der Waals surface area contributed by atoms with E-state index in [9.17, 15) is 14.7 Å². The molecule has 0 spiro atoms. The standard InChI is InChI=1S/C19H37NO3.K/c1-4-7-8-9-10-11-12-13-14-15-17(16-18(21)22)19(23)20(5-2)6-3;/h17H,4-16H2,1-3H3,(H,21,22);/q;+1/p-1. The van der Waals surface area contributed by atoms with Gasteiger partial charge in [-0.25, -0.2) is 0 Å². The number of carbonyl (C=O) groups is 2. The van der Waals surface area contributed by atoms with Gasteiger partial charge in [0.1, 0.15) is 0 Å². The molecule has 0 saturated carbocycles. The molecule has 0 aliphatic rings. The van der Waals surface area contributed by atoms with Gasteiger partial charge in [-0.1, -0.05) is 64.7 Å². The molecule has 0 fully saturated rings. The molecule has 0 aromatic carbocycles. The molecule has 0 aromatic heterocycles. The predicted octanol–water partition coefficient (Wildman–Crippen LogP) is 0.536. The average Bonchev–Trinajstić information content (AvgIpc) is 2.52. The fraction of sp³-hybridized carbons (Fsp3) is 0.895. The van der Waals surface area contributed by atoms with Crippen LogP contribution in [0.25, 0.3) is 0 Å². The zero-order valence-corrected chi connectivity index (χ0v) is 19.6. The number of hydrogen-bond acceptors (Lipinski definition) is 3. The largest absolute Gasteiger partial charge is 1.00 e. The summed E-state index contributed by atoms with van der Waals surface area (Å²) in [5, 5.41) is 10.9. The van der Waals surface area contributed by atoms with Crippen molar-refractivity contribution < 1.29 is 66.1 Å². The molecule has 0 aliphatic carbocycles. The molecule has 1 unspecified atom stereocenters. The number of carbonyl (C=O) groups excluding carboxylic acids is 2. The van der Waals surface area contributed by atoms with Crippen molar-refractivity contribution in [1.29, 1.82) is 0 Å². The third-order valence-corrected chi connectivity index (χ3v) is 4.49. The number of carboxylic acids is 1. The molecule has 0 rings (SSSR count). The van der Waals surface area contributed by atoms with Crippen LogP contribution in [0.3, 0.4) is 0 Å². The van der Waals surface area contributed by atoms with E-state index in [0.29, 0.717) is 19.5 Å². The summed E-state index contributed by atoms with van der Waals surface area (Å²) in [6.45, 7) is 7.35. The fourth-order valence-electron chi connectivity index (χ4n) is 3.01. The molecule has 24 heavy (non-hydrogen) atoms. The second-order valence-electron chi connectivity index (χ2n) is 6.40. The monoisotopic (exact) mass is 365 g/mol. The summed E-state index contributed by atoms with van der Waals surface area (Å²) in [6, 6.07) is 0. The SMILES string of the molecule is CCCCCCCCCCCC(CC(=O)[O-])C(=O)N(CC)CC.[K+]. The zero-order valence-electron chi connectivity index (χ0n) is 16.4. The van der Waals surface area contributed by atoms with Crippen LogP contribution in [0.5, 0.6) is 0 Å². The van der Waals surface area contributed by atoms with Crippen LogP contribution in [0.15, 0.2) is 0 Å². The van der Waals surface area contributed by atoms with Crippen LogP contribution in [0.4, 0.5) is 0 Å². The Kier molecular flexibility index (Phi) is 20.5. The predicted molar refractivity (Wildman–Crippen MR) is 92.9 cm³/mol. The summed E-state index contributed by atoms with van der Waals surface area (Å²) in [6.07, 6.45) is 11.5. The molecule has 1 atom stereocenters. The summed E-state index contributed by atoms with van der Waals surface area (Å²) in [4.78, 5) is 25.0. The second kappa shape index (κ2) is 18.4. The van der Waals surface area contributed by atoms with Gasteiger partial charge in [0.15, 0.2) is 0 Å². The van der Waals surface area contributed by atoms with Gasteiger partial charge in [0.25, 0.3) is 0 Å². The smallest absolute Gasteiger partial charge is 0.550 e. The van der Waals surface area contributed by atoms with E-state index in [1.807, 2.05) is 13.8 Å². The molecule has 5 heteroatoms. The Morgan fingerprint density at radius 2 is 1.29 bits per heavy atom. The summed E-state index contributed by atoms with van der Waals surface area (Å²) in [5.74, 6) is -1.56. The Morgan fingerprint density at radius 3 is 1.71 bits per heavy atom. The van der Waals surface area contributed by atoms with Crippen LogP contribution in [0.2, 0.25) is 0 Å². The minimum atomic E-state index is -1.12. The van der Waals surface area contributed by atoms with Gasteiger partial charge in [0.05, 0.1) is 0 Å². The number of hydrogen-bond donors (Lipinski definition) is 0. The van der Waals surface area contributed by atoms with Crippen LogP contribution in [-0.2, 0) is 9.59 Å². The maximum Gasteiger partial charge on any atom is 1.00 e. The Bertz CT molecular complexity index is 320. The number of rotatable bonds is 15.